The molecule has 2 aromatic rings. The van der Waals surface area contributed by atoms with Gasteiger partial charge in [-0.05, 0) is 30.3 Å². The molecule has 0 bridgehead atoms. The Labute approximate surface area is 118 Å². The number of pyridine rings is 1. The molecular formula is C12H9ClN4O3. The Balaban J connectivity index is 1.96. The Bertz CT molecular complexity index is 628. The number of nitrogens with zero attached hydrogens (tertiary/aromatic N) is 2. The van der Waals surface area contributed by atoms with E-state index in [1.54, 1.807) is 24.3 Å². The smallest absolute Gasteiger partial charge is 0.282 e. The molecule has 7 nitrogen and oxygen atoms in total. The summed E-state index contributed by atoms with van der Waals surface area (Å²) in [5.74, 6) is -0.0836. The van der Waals surface area contributed by atoms with Crippen LogP contribution in [0.1, 0.15) is 10.4 Å². The molecule has 0 spiro atoms. The van der Waals surface area contributed by atoms with Gasteiger partial charge in [0.1, 0.15) is 12.0 Å². The van der Waals surface area contributed by atoms with Gasteiger partial charge in [-0.1, -0.05) is 11.6 Å². The van der Waals surface area contributed by atoms with Gasteiger partial charge < -0.3 is 0 Å². The summed E-state index contributed by atoms with van der Waals surface area (Å²) in [5, 5.41) is 11.0. The number of anilines is 1. The van der Waals surface area contributed by atoms with Crippen molar-refractivity contribution in [3.05, 3.63) is 63.3 Å². The number of nitrogens with one attached hydrogen (secondary N) is 2. The predicted molar refractivity (Wildman–Crippen MR) is 73.4 cm³/mol. The second kappa shape index (κ2) is 5.98. The molecule has 0 atom stereocenters. The lowest BCUT2D eigenvalue weighted by Crippen LogP contribution is -2.29. The maximum Gasteiger partial charge on any atom is 0.287 e. The molecule has 0 unspecified atom stereocenters. The SMILES string of the molecule is O=C(NNc1ccc([N+](=O)[O-])cn1)c1ccc(Cl)cc1. The van der Waals surface area contributed by atoms with Crippen LogP contribution in [-0.2, 0) is 0 Å². The monoisotopic (exact) mass is 292 g/mol. The first-order valence-electron chi connectivity index (χ1n) is 5.48. The number of hydrogen-bond acceptors (Lipinski definition) is 5. The molecule has 0 aliphatic rings. The molecule has 1 aromatic carbocycles. The third-order valence-corrected chi connectivity index (χ3v) is 2.62. The summed E-state index contributed by atoms with van der Waals surface area (Å²) < 4.78 is 0. The lowest BCUT2D eigenvalue weighted by molar-refractivity contribution is -0.385. The van der Waals surface area contributed by atoms with E-state index in [0.29, 0.717) is 10.6 Å². The van der Waals surface area contributed by atoms with Gasteiger partial charge in [-0.25, -0.2) is 4.98 Å². The number of hydrogen-bond donors (Lipinski definition) is 2. The zero-order valence-electron chi connectivity index (χ0n) is 10.0. The Morgan fingerprint density at radius 3 is 2.45 bits per heavy atom. The van der Waals surface area contributed by atoms with E-state index in [2.05, 4.69) is 15.8 Å². The number of hydrazine groups is 1. The number of carbonyl (C=O) groups excluding carboxylic acids is 1. The molecule has 0 aliphatic carbocycles. The van der Waals surface area contributed by atoms with E-state index in [4.69, 9.17) is 11.6 Å². The lowest BCUT2D eigenvalue weighted by atomic mass is 10.2. The molecule has 1 heterocycles. The Morgan fingerprint density at radius 2 is 1.90 bits per heavy atom. The van der Waals surface area contributed by atoms with Crippen molar-refractivity contribution in [2.24, 2.45) is 0 Å². The molecule has 2 rings (SSSR count). The molecule has 0 saturated heterocycles. The van der Waals surface area contributed by atoms with Crippen LogP contribution in [0, 0.1) is 10.1 Å². The van der Waals surface area contributed by atoms with Crippen LogP contribution in [-0.4, -0.2) is 15.8 Å². The van der Waals surface area contributed by atoms with Gasteiger partial charge in [0.05, 0.1) is 4.92 Å². The van der Waals surface area contributed by atoms with E-state index in [9.17, 15) is 14.9 Å². The topological polar surface area (TPSA) is 97.2 Å². The number of carbonyl (C=O) groups is 1. The molecule has 0 saturated carbocycles. The molecule has 2 N–H and O–H groups in total. The van der Waals surface area contributed by atoms with E-state index in [-0.39, 0.29) is 17.4 Å². The number of aromatic nitrogens is 1. The summed E-state index contributed by atoms with van der Waals surface area (Å²) in [4.78, 5) is 25.4. The molecule has 102 valence electrons. The second-order valence-electron chi connectivity index (χ2n) is 3.74. The molecule has 8 heteroatoms. The molecule has 0 fully saturated rings. The summed E-state index contributed by atoms with van der Waals surface area (Å²) >= 11 is 5.72. The van der Waals surface area contributed by atoms with Crippen molar-refractivity contribution in [3.63, 3.8) is 0 Å². The van der Waals surface area contributed by atoms with Crippen LogP contribution < -0.4 is 10.9 Å². The number of rotatable bonds is 4. The highest BCUT2D eigenvalue weighted by atomic mass is 35.5. The number of nitro groups is 1. The minimum Gasteiger partial charge on any atom is -0.282 e. The van der Waals surface area contributed by atoms with E-state index in [0.717, 1.165) is 6.20 Å². The van der Waals surface area contributed by atoms with Gasteiger partial charge in [0.15, 0.2) is 0 Å². The molecule has 20 heavy (non-hydrogen) atoms. The zero-order valence-corrected chi connectivity index (χ0v) is 10.8. The molecular weight excluding hydrogens is 284 g/mol. The summed E-state index contributed by atoms with van der Waals surface area (Å²) in [6.45, 7) is 0. The minimum absolute atomic E-state index is 0.125. The normalized spacial score (nSPS) is 9.85. The Hall–Kier alpha value is -2.67. The highest BCUT2D eigenvalue weighted by Crippen LogP contribution is 2.12. The zero-order chi connectivity index (χ0) is 14.5. The molecule has 1 amide bonds. The van der Waals surface area contributed by atoms with E-state index in [1.165, 1.54) is 12.1 Å². The third kappa shape index (κ3) is 3.42. The lowest BCUT2D eigenvalue weighted by Gasteiger charge is -2.07. The van der Waals surface area contributed by atoms with Crippen LogP contribution >= 0.6 is 11.6 Å². The summed E-state index contributed by atoms with van der Waals surface area (Å²) in [6.07, 6.45) is 1.09. The van der Waals surface area contributed by atoms with E-state index in [1.807, 2.05) is 0 Å². The van der Waals surface area contributed by atoms with Crippen LogP contribution in [0.15, 0.2) is 42.6 Å². The first kappa shape index (κ1) is 13.8. The van der Waals surface area contributed by atoms with Crippen LogP contribution in [0.3, 0.4) is 0 Å². The van der Waals surface area contributed by atoms with Gasteiger partial charge >= 0.3 is 0 Å². The third-order valence-electron chi connectivity index (χ3n) is 2.37. The fourth-order valence-electron chi connectivity index (χ4n) is 1.36. The molecule has 0 radical (unpaired) electrons. The van der Waals surface area contributed by atoms with Gasteiger partial charge in [-0.3, -0.25) is 25.8 Å². The number of halogens is 1. The second-order valence-corrected chi connectivity index (χ2v) is 4.18. The largest absolute Gasteiger partial charge is 0.287 e. The van der Waals surface area contributed by atoms with Gasteiger partial charge in [-0.15, -0.1) is 0 Å². The fraction of sp³-hybridized carbons (Fsp3) is 0. The highest BCUT2D eigenvalue weighted by Gasteiger charge is 2.07. The van der Waals surface area contributed by atoms with Gasteiger partial charge in [-0.2, -0.15) is 0 Å². The summed E-state index contributed by atoms with van der Waals surface area (Å²) in [5.41, 5.74) is 5.27. The van der Waals surface area contributed by atoms with Crippen molar-refractivity contribution in [3.8, 4) is 0 Å². The van der Waals surface area contributed by atoms with Gasteiger partial charge in [0.25, 0.3) is 11.6 Å². The standard InChI is InChI=1S/C12H9ClN4O3/c13-9-3-1-8(2-4-9)12(18)16-15-11-6-5-10(7-14-11)17(19)20/h1-7H,(H,14,15)(H,16,18). The van der Waals surface area contributed by atoms with Crippen molar-refractivity contribution in [1.29, 1.82) is 0 Å². The van der Waals surface area contributed by atoms with Crippen LogP contribution in [0.25, 0.3) is 0 Å². The first-order chi connectivity index (χ1) is 9.56. The Morgan fingerprint density at radius 1 is 1.20 bits per heavy atom. The van der Waals surface area contributed by atoms with Crippen molar-refractivity contribution in [1.82, 2.24) is 10.4 Å². The maximum atomic E-state index is 11.8. The van der Waals surface area contributed by atoms with Crippen molar-refractivity contribution < 1.29 is 9.72 Å². The predicted octanol–water partition coefficient (Wildman–Crippen LogP) is 2.40. The molecule has 1 aromatic heterocycles. The van der Waals surface area contributed by atoms with Crippen LogP contribution in [0.2, 0.25) is 5.02 Å². The summed E-state index contributed by atoms with van der Waals surface area (Å²) in [7, 11) is 0. The van der Waals surface area contributed by atoms with Crippen molar-refractivity contribution in [2.45, 2.75) is 0 Å². The first-order valence-corrected chi connectivity index (χ1v) is 5.86. The minimum atomic E-state index is -0.553. The van der Waals surface area contributed by atoms with Crippen molar-refractivity contribution >= 4 is 29.0 Å². The number of benzene rings is 1. The van der Waals surface area contributed by atoms with Crippen molar-refractivity contribution in [2.75, 3.05) is 5.43 Å². The fourth-order valence-corrected chi connectivity index (χ4v) is 1.49. The average Bonchev–Trinajstić information content (AvgIpc) is 2.46. The maximum absolute atomic E-state index is 11.8. The van der Waals surface area contributed by atoms with Gasteiger partial charge in [0.2, 0.25) is 0 Å². The number of amides is 1. The quantitative estimate of drug-likeness (QED) is 0.666. The highest BCUT2D eigenvalue weighted by molar-refractivity contribution is 6.30. The average molecular weight is 293 g/mol. The van der Waals surface area contributed by atoms with Crippen LogP contribution in [0.4, 0.5) is 11.5 Å². The van der Waals surface area contributed by atoms with Gasteiger partial charge in [0, 0.05) is 16.7 Å². The Kier molecular flexibility index (Phi) is 4.11. The molecule has 0 aliphatic heterocycles. The van der Waals surface area contributed by atoms with E-state index >= 15 is 0 Å². The summed E-state index contributed by atoms with van der Waals surface area (Å²) in [6, 6.07) is 9.01. The van der Waals surface area contributed by atoms with E-state index < -0.39 is 4.92 Å². The van der Waals surface area contributed by atoms with Crippen LogP contribution in [0.5, 0.6) is 0 Å².